The minimum atomic E-state index is -3.51. The Bertz CT molecular complexity index is 913. The number of benzene rings is 2. The van der Waals surface area contributed by atoms with Crippen LogP contribution in [0, 0.1) is 0 Å². The topological polar surface area (TPSA) is 75.7 Å². The fourth-order valence-electron chi connectivity index (χ4n) is 3.39. The summed E-state index contributed by atoms with van der Waals surface area (Å²) in [6.45, 7) is 1.26. The first-order valence-electron chi connectivity index (χ1n) is 8.87. The number of anilines is 1. The van der Waals surface area contributed by atoms with Gasteiger partial charge >= 0.3 is 6.03 Å². The van der Waals surface area contributed by atoms with Crippen LogP contribution in [-0.4, -0.2) is 45.8 Å². The average Bonchev–Trinajstić information content (AvgIpc) is 2.68. The molecule has 144 valence electrons. The second kappa shape index (κ2) is 8.00. The third-order valence-electron chi connectivity index (χ3n) is 4.81. The number of methoxy groups -OCH3 is 1. The van der Waals surface area contributed by atoms with Gasteiger partial charge in [-0.15, -0.1) is 0 Å². The van der Waals surface area contributed by atoms with Gasteiger partial charge in [0.25, 0.3) is 0 Å². The van der Waals surface area contributed by atoms with E-state index in [-0.39, 0.29) is 22.5 Å². The Hall–Kier alpha value is -2.54. The number of nitrogens with one attached hydrogen (secondary N) is 1. The molecule has 1 atom stereocenters. The molecule has 1 fully saturated rings. The molecule has 3 rings (SSSR count). The number of ether oxygens (including phenoxy) is 1. The van der Waals surface area contributed by atoms with Crippen LogP contribution in [0.15, 0.2) is 53.4 Å². The van der Waals surface area contributed by atoms with Crippen LogP contribution < -0.4 is 10.1 Å². The molecule has 1 aliphatic heterocycles. The lowest BCUT2D eigenvalue weighted by molar-refractivity contribution is 0.192. The molecule has 6 nitrogen and oxygen atoms in total. The van der Waals surface area contributed by atoms with Crippen LogP contribution in [-0.2, 0) is 9.84 Å². The quantitative estimate of drug-likeness (QED) is 0.870. The number of hydrogen-bond donors (Lipinski definition) is 1. The molecular weight excluding hydrogens is 364 g/mol. The normalized spacial score (nSPS) is 17.4. The molecule has 0 aliphatic carbocycles. The Labute approximate surface area is 160 Å². The summed E-state index contributed by atoms with van der Waals surface area (Å²) in [7, 11) is -2.04. The van der Waals surface area contributed by atoms with Crippen molar-refractivity contribution in [3.8, 4) is 5.75 Å². The summed E-state index contributed by atoms with van der Waals surface area (Å²) in [5, 5.41) is 2.76. The first-order valence-corrected chi connectivity index (χ1v) is 10.8. The van der Waals surface area contributed by atoms with Crippen molar-refractivity contribution in [2.24, 2.45) is 0 Å². The van der Waals surface area contributed by atoms with Crippen molar-refractivity contribution < 1.29 is 17.9 Å². The minimum absolute atomic E-state index is 0.0480. The molecule has 0 spiro atoms. The molecule has 2 aromatic carbocycles. The molecule has 1 saturated heterocycles. The van der Waals surface area contributed by atoms with Crippen molar-refractivity contribution in [3.63, 3.8) is 0 Å². The van der Waals surface area contributed by atoms with E-state index in [0.717, 1.165) is 19.1 Å². The van der Waals surface area contributed by atoms with Crippen LogP contribution in [0.1, 0.15) is 24.3 Å². The van der Waals surface area contributed by atoms with E-state index in [9.17, 15) is 13.2 Å². The Balaban J connectivity index is 1.77. The van der Waals surface area contributed by atoms with E-state index < -0.39 is 9.84 Å². The van der Waals surface area contributed by atoms with Gasteiger partial charge in [-0.2, -0.15) is 0 Å². The van der Waals surface area contributed by atoms with E-state index in [1.54, 1.807) is 17.0 Å². The van der Waals surface area contributed by atoms with Gasteiger partial charge in [-0.05, 0) is 30.5 Å². The number of urea groups is 1. The molecule has 0 aromatic heterocycles. The lowest BCUT2D eigenvalue weighted by Crippen LogP contribution is -2.41. The zero-order chi connectivity index (χ0) is 19.4. The summed E-state index contributed by atoms with van der Waals surface area (Å²) in [5.41, 5.74) is 1.49. The van der Waals surface area contributed by atoms with Crippen LogP contribution in [0.4, 0.5) is 10.5 Å². The molecule has 0 radical (unpaired) electrons. The number of likely N-dealkylation sites (tertiary alicyclic amines) is 1. The van der Waals surface area contributed by atoms with E-state index >= 15 is 0 Å². The molecule has 0 bridgehead atoms. The van der Waals surface area contributed by atoms with Crippen molar-refractivity contribution in [1.82, 2.24) is 4.90 Å². The standard InChI is InChI=1S/C20H24N2O4S/c1-26-17-10-11-18(19(13-17)27(2,24)25)21-20(23)22-12-6-9-16(14-22)15-7-4-3-5-8-15/h3-5,7-8,10-11,13,16H,6,9,12,14H2,1-2H3,(H,21,23). The largest absolute Gasteiger partial charge is 0.497 e. The van der Waals surface area contributed by atoms with Gasteiger partial charge in [-0.25, -0.2) is 13.2 Å². The third kappa shape index (κ3) is 4.60. The van der Waals surface area contributed by atoms with Gasteiger partial charge < -0.3 is 15.0 Å². The van der Waals surface area contributed by atoms with Crippen molar-refractivity contribution in [3.05, 3.63) is 54.1 Å². The van der Waals surface area contributed by atoms with Crippen molar-refractivity contribution in [2.45, 2.75) is 23.7 Å². The van der Waals surface area contributed by atoms with E-state index in [1.807, 2.05) is 18.2 Å². The number of piperidine rings is 1. The van der Waals surface area contributed by atoms with E-state index in [1.165, 1.54) is 18.7 Å². The number of carbonyl (C=O) groups excluding carboxylic acids is 1. The number of amides is 2. The molecule has 1 aliphatic rings. The van der Waals surface area contributed by atoms with Crippen molar-refractivity contribution in [1.29, 1.82) is 0 Å². The van der Waals surface area contributed by atoms with Crippen molar-refractivity contribution in [2.75, 3.05) is 31.8 Å². The molecule has 2 amide bonds. The molecule has 2 aromatic rings. The highest BCUT2D eigenvalue weighted by molar-refractivity contribution is 7.90. The molecule has 1 heterocycles. The Morgan fingerprint density at radius 3 is 2.59 bits per heavy atom. The Morgan fingerprint density at radius 2 is 1.93 bits per heavy atom. The zero-order valence-electron chi connectivity index (χ0n) is 15.5. The minimum Gasteiger partial charge on any atom is -0.497 e. The number of nitrogens with zero attached hydrogens (tertiary/aromatic N) is 1. The fourth-order valence-corrected chi connectivity index (χ4v) is 4.24. The molecule has 27 heavy (non-hydrogen) atoms. The number of hydrogen-bond acceptors (Lipinski definition) is 4. The SMILES string of the molecule is COc1ccc(NC(=O)N2CCCC(c3ccccc3)C2)c(S(C)(=O)=O)c1. The highest BCUT2D eigenvalue weighted by atomic mass is 32.2. The van der Waals surface area contributed by atoms with Gasteiger partial charge in [0.2, 0.25) is 0 Å². The predicted octanol–water partition coefficient (Wildman–Crippen LogP) is 3.51. The van der Waals surface area contributed by atoms with Crippen LogP contribution in [0.3, 0.4) is 0 Å². The maximum absolute atomic E-state index is 12.8. The first-order chi connectivity index (χ1) is 12.9. The third-order valence-corrected chi connectivity index (χ3v) is 5.95. The Morgan fingerprint density at radius 1 is 1.19 bits per heavy atom. The average molecular weight is 388 g/mol. The summed E-state index contributed by atoms with van der Waals surface area (Å²) in [6.07, 6.45) is 3.06. The second-order valence-corrected chi connectivity index (χ2v) is 8.74. The first kappa shape index (κ1) is 19.2. The molecule has 1 N–H and O–H groups in total. The molecule has 0 saturated carbocycles. The van der Waals surface area contributed by atoms with Gasteiger partial charge in [0.15, 0.2) is 9.84 Å². The Kier molecular flexibility index (Phi) is 5.70. The summed E-state index contributed by atoms with van der Waals surface area (Å²) in [6, 6.07) is 14.5. The maximum Gasteiger partial charge on any atom is 0.321 e. The molecular formula is C20H24N2O4S. The van der Waals surface area contributed by atoms with Gasteiger partial charge in [-0.1, -0.05) is 30.3 Å². The summed E-state index contributed by atoms with van der Waals surface area (Å²) >= 11 is 0. The predicted molar refractivity (Wildman–Crippen MR) is 105 cm³/mol. The number of rotatable bonds is 4. The van der Waals surface area contributed by atoms with Crippen LogP contribution in [0.2, 0.25) is 0 Å². The van der Waals surface area contributed by atoms with Gasteiger partial charge in [0.1, 0.15) is 5.75 Å². The monoisotopic (exact) mass is 388 g/mol. The van der Waals surface area contributed by atoms with Crippen LogP contribution >= 0.6 is 0 Å². The van der Waals surface area contributed by atoms with E-state index in [0.29, 0.717) is 18.8 Å². The summed E-state index contributed by atoms with van der Waals surface area (Å²) in [5.74, 6) is 0.714. The maximum atomic E-state index is 12.8. The highest BCUT2D eigenvalue weighted by Crippen LogP contribution is 2.29. The molecule has 7 heteroatoms. The summed E-state index contributed by atoms with van der Waals surface area (Å²) in [4.78, 5) is 14.6. The van der Waals surface area contributed by atoms with Gasteiger partial charge in [0, 0.05) is 31.3 Å². The number of carbonyl (C=O) groups is 1. The van der Waals surface area contributed by atoms with Crippen molar-refractivity contribution >= 4 is 21.6 Å². The fraction of sp³-hybridized carbons (Fsp3) is 0.350. The number of sulfone groups is 1. The lowest BCUT2D eigenvalue weighted by atomic mass is 9.91. The second-order valence-electron chi connectivity index (χ2n) is 6.76. The van der Waals surface area contributed by atoms with Gasteiger partial charge in [-0.3, -0.25) is 0 Å². The van der Waals surface area contributed by atoms with E-state index in [2.05, 4.69) is 17.4 Å². The van der Waals surface area contributed by atoms with Gasteiger partial charge in [0.05, 0.1) is 17.7 Å². The summed E-state index contributed by atoms with van der Waals surface area (Å²) < 4.78 is 29.3. The zero-order valence-corrected chi connectivity index (χ0v) is 16.3. The van der Waals surface area contributed by atoms with Crippen LogP contribution in [0.5, 0.6) is 5.75 Å². The van der Waals surface area contributed by atoms with E-state index in [4.69, 9.17) is 4.74 Å². The van der Waals surface area contributed by atoms with Crippen LogP contribution in [0.25, 0.3) is 0 Å². The smallest absolute Gasteiger partial charge is 0.321 e. The lowest BCUT2D eigenvalue weighted by Gasteiger charge is -2.33. The molecule has 1 unspecified atom stereocenters. The highest BCUT2D eigenvalue weighted by Gasteiger charge is 2.26.